The third-order valence-electron chi connectivity index (χ3n) is 3.40. The van der Waals surface area contributed by atoms with Gasteiger partial charge in [0.2, 0.25) is 0 Å². The van der Waals surface area contributed by atoms with Crippen molar-refractivity contribution in [3.05, 3.63) is 23.8 Å². The predicted molar refractivity (Wildman–Crippen MR) is 67.3 cm³/mol. The van der Waals surface area contributed by atoms with Gasteiger partial charge in [-0.25, -0.2) is 4.98 Å². The second kappa shape index (κ2) is 4.38. The minimum atomic E-state index is -0.489. The number of aromatic amines is 1. The van der Waals surface area contributed by atoms with E-state index >= 15 is 0 Å². The molecule has 3 heterocycles. The van der Waals surface area contributed by atoms with Crippen LogP contribution in [0.4, 0.5) is 0 Å². The van der Waals surface area contributed by atoms with Crippen LogP contribution in [0.2, 0.25) is 0 Å². The third-order valence-corrected chi connectivity index (χ3v) is 3.40. The summed E-state index contributed by atoms with van der Waals surface area (Å²) in [6.07, 6.45) is 5.26. The molecule has 1 fully saturated rings. The molecular weight excluding hydrogens is 230 g/mol. The zero-order chi connectivity index (χ0) is 12.5. The van der Waals surface area contributed by atoms with Gasteiger partial charge in [0.25, 0.3) is 5.91 Å². The Morgan fingerprint density at radius 1 is 1.33 bits per heavy atom. The van der Waals surface area contributed by atoms with Crippen LogP contribution < -0.4 is 11.1 Å². The topological polar surface area (TPSA) is 96.7 Å². The summed E-state index contributed by atoms with van der Waals surface area (Å²) in [5.74, 6) is 0.859. The molecule has 6 nitrogen and oxygen atoms in total. The van der Waals surface area contributed by atoms with Crippen molar-refractivity contribution in [2.45, 2.75) is 18.8 Å². The number of amides is 1. The standard InChI is InChI=1S/C12H15N5O/c13-11(18)8-5-15-6-9-10(8)17-12(16-9)7-1-3-14-4-2-7/h5-7,14H,1-4H2,(H2,13,18)(H,16,17). The first-order chi connectivity index (χ1) is 8.75. The van der Waals surface area contributed by atoms with Crippen LogP contribution in [0.3, 0.4) is 0 Å². The molecule has 0 atom stereocenters. The first-order valence-electron chi connectivity index (χ1n) is 6.10. The Balaban J connectivity index is 2.04. The molecule has 6 heteroatoms. The third kappa shape index (κ3) is 1.84. The minimum absolute atomic E-state index is 0.379. The molecule has 2 aromatic rings. The van der Waals surface area contributed by atoms with Crippen molar-refractivity contribution in [3.8, 4) is 0 Å². The van der Waals surface area contributed by atoms with Crippen LogP contribution in [0.5, 0.6) is 0 Å². The van der Waals surface area contributed by atoms with Gasteiger partial charge in [0, 0.05) is 12.1 Å². The Morgan fingerprint density at radius 3 is 2.83 bits per heavy atom. The lowest BCUT2D eigenvalue weighted by Crippen LogP contribution is -2.27. The van der Waals surface area contributed by atoms with Crippen molar-refractivity contribution < 1.29 is 4.79 Å². The lowest BCUT2D eigenvalue weighted by Gasteiger charge is -2.20. The van der Waals surface area contributed by atoms with Crippen LogP contribution in [0, 0.1) is 0 Å². The molecule has 18 heavy (non-hydrogen) atoms. The number of carbonyl (C=O) groups is 1. The van der Waals surface area contributed by atoms with Crippen molar-refractivity contribution in [2.24, 2.45) is 5.73 Å². The van der Waals surface area contributed by atoms with Crippen molar-refractivity contribution >= 4 is 16.9 Å². The normalized spacial score (nSPS) is 17.1. The van der Waals surface area contributed by atoms with Crippen LogP contribution in [-0.2, 0) is 0 Å². The Bertz CT molecular complexity index is 585. The summed E-state index contributed by atoms with van der Waals surface area (Å²) in [7, 11) is 0. The number of aromatic nitrogens is 3. The molecule has 1 aliphatic rings. The van der Waals surface area contributed by atoms with Crippen LogP contribution in [0.25, 0.3) is 11.0 Å². The van der Waals surface area contributed by atoms with Gasteiger partial charge in [-0.15, -0.1) is 0 Å². The second-order valence-electron chi connectivity index (χ2n) is 4.59. The molecule has 1 aliphatic heterocycles. The lowest BCUT2D eigenvalue weighted by molar-refractivity contribution is 0.100. The quantitative estimate of drug-likeness (QED) is 0.718. The Labute approximate surface area is 104 Å². The molecule has 0 saturated carbocycles. The summed E-state index contributed by atoms with van der Waals surface area (Å²) in [6, 6.07) is 0. The highest BCUT2D eigenvalue weighted by Crippen LogP contribution is 2.25. The highest BCUT2D eigenvalue weighted by Gasteiger charge is 2.20. The SMILES string of the molecule is NC(=O)c1cncc2[nH]c(C3CCNCC3)nc12. The fourth-order valence-corrected chi connectivity index (χ4v) is 2.42. The second-order valence-corrected chi connectivity index (χ2v) is 4.59. The van der Waals surface area contributed by atoms with E-state index in [2.05, 4.69) is 20.3 Å². The number of nitrogens with one attached hydrogen (secondary N) is 2. The fourth-order valence-electron chi connectivity index (χ4n) is 2.42. The Hall–Kier alpha value is -1.95. The summed E-state index contributed by atoms with van der Waals surface area (Å²) in [5.41, 5.74) is 7.11. The van der Waals surface area contributed by atoms with Gasteiger partial charge in [0.05, 0.1) is 17.3 Å². The van der Waals surface area contributed by atoms with Gasteiger partial charge in [-0.1, -0.05) is 0 Å². The maximum absolute atomic E-state index is 11.3. The van der Waals surface area contributed by atoms with Gasteiger partial charge in [-0.2, -0.15) is 0 Å². The highest BCUT2D eigenvalue weighted by molar-refractivity contribution is 6.03. The highest BCUT2D eigenvalue weighted by atomic mass is 16.1. The summed E-state index contributed by atoms with van der Waals surface area (Å²) in [5, 5.41) is 3.32. The van der Waals surface area contributed by atoms with Gasteiger partial charge in [-0.3, -0.25) is 9.78 Å². The molecule has 0 radical (unpaired) electrons. The van der Waals surface area contributed by atoms with E-state index < -0.39 is 5.91 Å². The number of H-pyrrole nitrogens is 1. The van der Waals surface area contributed by atoms with Crippen molar-refractivity contribution in [3.63, 3.8) is 0 Å². The number of hydrogen-bond donors (Lipinski definition) is 3. The maximum atomic E-state index is 11.3. The van der Waals surface area contributed by atoms with Crippen molar-refractivity contribution in [2.75, 3.05) is 13.1 Å². The van der Waals surface area contributed by atoms with E-state index in [0.29, 0.717) is 17.0 Å². The zero-order valence-electron chi connectivity index (χ0n) is 9.94. The monoisotopic (exact) mass is 245 g/mol. The van der Waals surface area contributed by atoms with Gasteiger partial charge in [0.15, 0.2) is 0 Å². The summed E-state index contributed by atoms with van der Waals surface area (Å²) in [4.78, 5) is 23.1. The van der Waals surface area contributed by atoms with Crippen molar-refractivity contribution in [1.29, 1.82) is 0 Å². The van der Waals surface area contributed by atoms with E-state index in [0.717, 1.165) is 37.3 Å². The summed E-state index contributed by atoms with van der Waals surface area (Å²) >= 11 is 0. The molecule has 0 unspecified atom stereocenters. The molecule has 1 amide bonds. The first-order valence-corrected chi connectivity index (χ1v) is 6.10. The number of nitrogens with zero attached hydrogens (tertiary/aromatic N) is 2. The van der Waals surface area contributed by atoms with E-state index in [1.54, 1.807) is 6.20 Å². The molecule has 0 aromatic carbocycles. The number of pyridine rings is 1. The van der Waals surface area contributed by atoms with Crippen LogP contribution in [0.15, 0.2) is 12.4 Å². The van der Waals surface area contributed by atoms with Crippen LogP contribution >= 0.6 is 0 Å². The van der Waals surface area contributed by atoms with E-state index in [9.17, 15) is 4.79 Å². The minimum Gasteiger partial charge on any atom is -0.365 e. The zero-order valence-corrected chi connectivity index (χ0v) is 9.94. The summed E-state index contributed by atoms with van der Waals surface area (Å²) < 4.78 is 0. The van der Waals surface area contributed by atoms with Gasteiger partial charge in [0.1, 0.15) is 11.3 Å². The number of rotatable bonds is 2. The molecule has 0 spiro atoms. The first kappa shape index (κ1) is 11.2. The number of hydrogen-bond acceptors (Lipinski definition) is 4. The molecule has 1 saturated heterocycles. The lowest BCUT2D eigenvalue weighted by atomic mass is 9.98. The number of fused-ring (bicyclic) bond motifs is 1. The molecule has 0 aliphatic carbocycles. The molecule has 3 rings (SSSR count). The number of nitrogens with two attached hydrogens (primary N) is 1. The van der Waals surface area contributed by atoms with Crippen LogP contribution in [0.1, 0.15) is 34.9 Å². The van der Waals surface area contributed by atoms with Crippen LogP contribution in [-0.4, -0.2) is 33.9 Å². The average Bonchev–Trinajstić information content (AvgIpc) is 2.83. The van der Waals surface area contributed by atoms with Crippen molar-refractivity contribution in [1.82, 2.24) is 20.3 Å². The maximum Gasteiger partial charge on any atom is 0.252 e. The molecule has 2 aromatic heterocycles. The fraction of sp³-hybridized carbons (Fsp3) is 0.417. The smallest absolute Gasteiger partial charge is 0.252 e. The number of carbonyl (C=O) groups excluding carboxylic acids is 1. The predicted octanol–water partition coefficient (Wildman–Crippen LogP) is 0.524. The van der Waals surface area contributed by atoms with E-state index in [1.165, 1.54) is 6.20 Å². The van der Waals surface area contributed by atoms with Gasteiger partial charge >= 0.3 is 0 Å². The molecule has 0 bridgehead atoms. The number of primary amides is 1. The number of piperidine rings is 1. The van der Waals surface area contributed by atoms with Gasteiger partial charge < -0.3 is 16.0 Å². The summed E-state index contributed by atoms with van der Waals surface area (Å²) in [6.45, 7) is 2.01. The Kier molecular flexibility index (Phi) is 2.71. The molecule has 4 N–H and O–H groups in total. The Morgan fingerprint density at radius 2 is 2.11 bits per heavy atom. The largest absolute Gasteiger partial charge is 0.365 e. The average molecular weight is 245 g/mol. The molecular formula is C12H15N5O. The van der Waals surface area contributed by atoms with E-state index in [-0.39, 0.29) is 0 Å². The number of imidazole rings is 1. The van der Waals surface area contributed by atoms with E-state index in [1.807, 2.05) is 0 Å². The molecule has 94 valence electrons. The van der Waals surface area contributed by atoms with E-state index in [4.69, 9.17) is 5.73 Å². The van der Waals surface area contributed by atoms with Gasteiger partial charge in [-0.05, 0) is 25.9 Å².